The first-order valence-electron chi connectivity index (χ1n) is 10.8. The van der Waals surface area contributed by atoms with Crippen molar-refractivity contribution in [2.75, 3.05) is 0 Å². The summed E-state index contributed by atoms with van der Waals surface area (Å²) in [7, 11) is 0. The number of unbranched alkanes of at least 4 members (excludes halogenated alkanes) is 12. The summed E-state index contributed by atoms with van der Waals surface area (Å²) in [6, 6.07) is 0. The van der Waals surface area contributed by atoms with Crippen LogP contribution in [0.3, 0.4) is 0 Å². The summed E-state index contributed by atoms with van der Waals surface area (Å²) in [5.41, 5.74) is 0. The first-order valence-corrected chi connectivity index (χ1v) is 10.8. The molecule has 2 heteroatoms. The third kappa shape index (κ3) is 11.0. The van der Waals surface area contributed by atoms with Gasteiger partial charge < -0.3 is 9.47 Å². The molecule has 0 aromatic heterocycles. The maximum atomic E-state index is 5.63. The Kier molecular flexibility index (Phi) is 14.1. The van der Waals surface area contributed by atoms with Gasteiger partial charge in [0.2, 0.25) is 6.29 Å². The van der Waals surface area contributed by atoms with Crippen molar-refractivity contribution in [1.82, 2.24) is 0 Å². The Morgan fingerprint density at radius 1 is 0.583 bits per heavy atom. The SMILES string of the molecule is CCCCCCCCCCC(CCCCCCCC)C1OC=CO1. The van der Waals surface area contributed by atoms with E-state index in [1.165, 1.54) is 103 Å². The van der Waals surface area contributed by atoms with Crippen LogP contribution in [0, 0.1) is 5.92 Å². The molecule has 1 heterocycles. The zero-order valence-electron chi connectivity index (χ0n) is 16.4. The Balaban J connectivity index is 2.06. The van der Waals surface area contributed by atoms with Crippen molar-refractivity contribution >= 4 is 0 Å². The van der Waals surface area contributed by atoms with Crippen molar-refractivity contribution < 1.29 is 9.47 Å². The minimum Gasteiger partial charge on any atom is -0.459 e. The minimum absolute atomic E-state index is 0.00908. The fraction of sp³-hybridized carbons (Fsp3) is 0.909. The van der Waals surface area contributed by atoms with Gasteiger partial charge >= 0.3 is 0 Å². The van der Waals surface area contributed by atoms with E-state index in [2.05, 4.69) is 13.8 Å². The first-order chi connectivity index (χ1) is 11.9. The van der Waals surface area contributed by atoms with Crippen molar-refractivity contribution in [1.29, 1.82) is 0 Å². The zero-order valence-corrected chi connectivity index (χ0v) is 16.4. The molecule has 1 rings (SSSR count). The van der Waals surface area contributed by atoms with E-state index in [0.717, 1.165) is 0 Å². The summed E-state index contributed by atoms with van der Waals surface area (Å²) in [6.45, 7) is 4.56. The average Bonchev–Trinajstić information content (AvgIpc) is 3.12. The monoisotopic (exact) mass is 338 g/mol. The van der Waals surface area contributed by atoms with Gasteiger partial charge in [-0.05, 0) is 12.8 Å². The lowest BCUT2D eigenvalue weighted by atomic mass is 9.93. The summed E-state index contributed by atoms with van der Waals surface area (Å²) in [6.07, 6.45) is 25.3. The number of rotatable bonds is 17. The maximum Gasteiger partial charge on any atom is 0.242 e. The molecule has 0 saturated heterocycles. The van der Waals surface area contributed by atoms with E-state index in [1.54, 1.807) is 12.5 Å². The smallest absolute Gasteiger partial charge is 0.242 e. The molecule has 2 nitrogen and oxygen atoms in total. The lowest BCUT2D eigenvalue weighted by Gasteiger charge is -2.22. The van der Waals surface area contributed by atoms with E-state index in [9.17, 15) is 0 Å². The normalized spacial score (nSPS) is 15.4. The zero-order chi connectivity index (χ0) is 17.3. The quantitative estimate of drug-likeness (QED) is 0.253. The van der Waals surface area contributed by atoms with Crippen molar-refractivity contribution in [3.8, 4) is 0 Å². The van der Waals surface area contributed by atoms with E-state index in [-0.39, 0.29) is 6.29 Å². The van der Waals surface area contributed by atoms with Gasteiger partial charge in [-0.3, -0.25) is 0 Å². The highest BCUT2D eigenvalue weighted by Crippen LogP contribution is 2.27. The topological polar surface area (TPSA) is 18.5 Å². The molecule has 0 fully saturated rings. The summed E-state index contributed by atoms with van der Waals surface area (Å²) >= 11 is 0. The molecule has 0 amide bonds. The summed E-state index contributed by atoms with van der Waals surface area (Å²) in [5.74, 6) is 0.575. The second-order valence-electron chi connectivity index (χ2n) is 7.49. The molecule has 142 valence electrons. The molecule has 1 aliphatic rings. The molecule has 0 N–H and O–H groups in total. The van der Waals surface area contributed by atoms with Crippen LogP contribution in [0.4, 0.5) is 0 Å². The van der Waals surface area contributed by atoms with Gasteiger partial charge in [0.1, 0.15) is 12.5 Å². The van der Waals surface area contributed by atoms with Crippen molar-refractivity contribution in [2.24, 2.45) is 5.92 Å². The molecule has 0 radical (unpaired) electrons. The number of ether oxygens (including phenoxy) is 2. The van der Waals surface area contributed by atoms with Gasteiger partial charge in [0.05, 0.1) is 0 Å². The lowest BCUT2D eigenvalue weighted by Crippen LogP contribution is -2.21. The summed E-state index contributed by atoms with van der Waals surface area (Å²) in [4.78, 5) is 0. The fourth-order valence-corrected chi connectivity index (χ4v) is 3.62. The molecular weight excluding hydrogens is 296 g/mol. The summed E-state index contributed by atoms with van der Waals surface area (Å²) < 4.78 is 11.3. The summed E-state index contributed by atoms with van der Waals surface area (Å²) in [5, 5.41) is 0. The van der Waals surface area contributed by atoms with Gasteiger partial charge in [0.25, 0.3) is 0 Å². The van der Waals surface area contributed by atoms with Crippen LogP contribution in [0.1, 0.15) is 117 Å². The molecule has 0 spiro atoms. The second kappa shape index (κ2) is 15.8. The van der Waals surface area contributed by atoms with Crippen LogP contribution < -0.4 is 0 Å². The molecule has 0 bridgehead atoms. The van der Waals surface area contributed by atoms with Gasteiger partial charge in [-0.1, -0.05) is 104 Å². The van der Waals surface area contributed by atoms with E-state index in [1.807, 2.05) is 0 Å². The molecule has 1 atom stereocenters. The predicted octanol–water partition coefficient (Wildman–Crippen LogP) is 7.73. The van der Waals surface area contributed by atoms with Gasteiger partial charge in [-0.25, -0.2) is 0 Å². The van der Waals surface area contributed by atoms with Gasteiger partial charge in [-0.2, -0.15) is 0 Å². The Morgan fingerprint density at radius 2 is 0.958 bits per heavy atom. The third-order valence-corrected chi connectivity index (χ3v) is 5.22. The van der Waals surface area contributed by atoms with Crippen LogP contribution in [0.25, 0.3) is 0 Å². The molecule has 24 heavy (non-hydrogen) atoms. The lowest BCUT2D eigenvalue weighted by molar-refractivity contribution is -0.0724. The van der Waals surface area contributed by atoms with Gasteiger partial charge in [-0.15, -0.1) is 0 Å². The van der Waals surface area contributed by atoms with Crippen molar-refractivity contribution in [2.45, 2.75) is 123 Å². The van der Waals surface area contributed by atoms with E-state index in [4.69, 9.17) is 9.47 Å². The molecule has 0 aliphatic carbocycles. The largest absolute Gasteiger partial charge is 0.459 e. The van der Waals surface area contributed by atoms with E-state index in [0.29, 0.717) is 5.92 Å². The maximum absolute atomic E-state index is 5.63. The number of hydrogen-bond donors (Lipinski definition) is 0. The molecule has 1 unspecified atom stereocenters. The van der Waals surface area contributed by atoms with Crippen LogP contribution in [-0.2, 0) is 9.47 Å². The minimum atomic E-state index is -0.00908. The van der Waals surface area contributed by atoms with Gasteiger partial charge in [0.15, 0.2) is 0 Å². The van der Waals surface area contributed by atoms with E-state index < -0.39 is 0 Å². The standard InChI is InChI=1S/C22H42O2/c1-3-5-7-9-11-12-14-16-18-21(22-23-19-20-24-22)17-15-13-10-8-6-4-2/h19-22H,3-18H2,1-2H3. The van der Waals surface area contributed by atoms with E-state index >= 15 is 0 Å². The van der Waals surface area contributed by atoms with Crippen LogP contribution in [0.5, 0.6) is 0 Å². The van der Waals surface area contributed by atoms with Crippen molar-refractivity contribution in [3.63, 3.8) is 0 Å². The predicted molar refractivity (Wildman–Crippen MR) is 104 cm³/mol. The highest BCUT2D eigenvalue weighted by Gasteiger charge is 2.24. The first kappa shape index (κ1) is 21.4. The molecule has 0 aromatic carbocycles. The van der Waals surface area contributed by atoms with Crippen LogP contribution in [0.2, 0.25) is 0 Å². The van der Waals surface area contributed by atoms with Crippen LogP contribution in [0.15, 0.2) is 12.5 Å². The Hall–Kier alpha value is -0.660. The van der Waals surface area contributed by atoms with Crippen LogP contribution >= 0.6 is 0 Å². The average molecular weight is 339 g/mol. The highest BCUT2D eigenvalue weighted by molar-refractivity contribution is 4.76. The number of hydrogen-bond acceptors (Lipinski definition) is 2. The fourth-order valence-electron chi connectivity index (χ4n) is 3.62. The molecule has 1 aliphatic heterocycles. The molecule has 0 saturated carbocycles. The Labute approximate surface area is 151 Å². The second-order valence-corrected chi connectivity index (χ2v) is 7.49. The molecule has 0 aromatic rings. The molecular formula is C22H42O2. The van der Waals surface area contributed by atoms with Crippen LogP contribution in [-0.4, -0.2) is 6.29 Å². The highest BCUT2D eigenvalue weighted by atomic mass is 16.7. The Morgan fingerprint density at radius 3 is 1.38 bits per heavy atom. The van der Waals surface area contributed by atoms with Crippen molar-refractivity contribution in [3.05, 3.63) is 12.5 Å². The van der Waals surface area contributed by atoms with Gasteiger partial charge in [0, 0.05) is 5.92 Å². The Bertz CT molecular complexity index is 280. The third-order valence-electron chi connectivity index (χ3n) is 5.22.